The maximum atomic E-state index is 10.2. The van der Waals surface area contributed by atoms with Crippen molar-refractivity contribution in [2.24, 2.45) is 0 Å². The van der Waals surface area contributed by atoms with Gasteiger partial charge in [-0.05, 0) is 24.1 Å². The van der Waals surface area contributed by atoms with Crippen molar-refractivity contribution in [1.82, 2.24) is 0 Å². The molecule has 1 rings (SSSR count). The van der Waals surface area contributed by atoms with E-state index in [2.05, 4.69) is 6.58 Å². The molecule has 1 aromatic carbocycles. The molecule has 0 heterocycles. The highest BCUT2D eigenvalue weighted by Crippen LogP contribution is 2.12. The van der Waals surface area contributed by atoms with E-state index in [4.69, 9.17) is 4.74 Å². The first-order valence-electron chi connectivity index (χ1n) is 4.63. The van der Waals surface area contributed by atoms with Crippen molar-refractivity contribution in [3.8, 4) is 5.75 Å². The average molecular weight is 190 g/mol. The highest BCUT2D eigenvalue weighted by molar-refractivity contribution is 5.50. The van der Waals surface area contributed by atoms with E-state index in [0.717, 1.165) is 24.0 Å². The van der Waals surface area contributed by atoms with E-state index >= 15 is 0 Å². The largest absolute Gasteiger partial charge is 0.490 e. The lowest BCUT2D eigenvalue weighted by Gasteiger charge is -2.03. The topological polar surface area (TPSA) is 26.3 Å². The van der Waals surface area contributed by atoms with Gasteiger partial charge in [0.1, 0.15) is 18.6 Å². The summed E-state index contributed by atoms with van der Waals surface area (Å²) < 4.78 is 5.33. The van der Waals surface area contributed by atoms with E-state index in [1.54, 1.807) is 6.08 Å². The Bertz CT molecular complexity index is 257. The van der Waals surface area contributed by atoms with Crippen LogP contribution >= 0.6 is 0 Å². The van der Waals surface area contributed by atoms with Gasteiger partial charge >= 0.3 is 0 Å². The van der Waals surface area contributed by atoms with E-state index in [1.807, 2.05) is 24.3 Å². The molecule has 0 aliphatic carbocycles. The fourth-order valence-corrected chi connectivity index (χ4v) is 1.13. The first-order valence-corrected chi connectivity index (χ1v) is 4.63. The monoisotopic (exact) mass is 190 g/mol. The third kappa shape index (κ3) is 3.44. The maximum absolute atomic E-state index is 10.2. The number of rotatable bonds is 6. The Morgan fingerprint density at radius 2 is 2.00 bits per heavy atom. The van der Waals surface area contributed by atoms with Gasteiger partial charge in [0.2, 0.25) is 0 Å². The van der Waals surface area contributed by atoms with E-state index in [-0.39, 0.29) is 0 Å². The summed E-state index contributed by atoms with van der Waals surface area (Å²) in [4.78, 5) is 10.2. The third-order valence-electron chi connectivity index (χ3n) is 1.84. The molecule has 0 radical (unpaired) electrons. The van der Waals surface area contributed by atoms with Gasteiger partial charge < -0.3 is 9.53 Å². The normalized spacial score (nSPS) is 9.43. The molecule has 0 unspecified atom stereocenters. The van der Waals surface area contributed by atoms with Gasteiger partial charge in [-0.3, -0.25) is 0 Å². The van der Waals surface area contributed by atoms with E-state index in [1.165, 1.54) is 0 Å². The summed E-state index contributed by atoms with van der Waals surface area (Å²) in [6, 6.07) is 7.76. The predicted molar refractivity (Wildman–Crippen MR) is 56.5 cm³/mol. The Balaban J connectivity index is 2.49. The second kappa shape index (κ2) is 5.97. The molecule has 0 aliphatic rings. The summed E-state index contributed by atoms with van der Waals surface area (Å²) in [5.74, 6) is 0.833. The Labute approximate surface area is 84.2 Å². The maximum Gasteiger partial charge on any atom is 0.120 e. The van der Waals surface area contributed by atoms with Crippen LogP contribution in [0.1, 0.15) is 12.0 Å². The molecule has 0 aromatic heterocycles. The second-order valence-corrected chi connectivity index (χ2v) is 2.95. The summed E-state index contributed by atoms with van der Waals surface area (Å²) in [6.45, 7) is 4.09. The lowest BCUT2D eigenvalue weighted by molar-refractivity contribution is -0.107. The summed E-state index contributed by atoms with van der Waals surface area (Å²) in [5.41, 5.74) is 1.16. The molecule has 0 fully saturated rings. The summed E-state index contributed by atoms with van der Waals surface area (Å²) in [7, 11) is 0. The predicted octanol–water partition coefficient (Wildman–Crippen LogP) is 2.38. The van der Waals surface area contributed by atoms with Crippen LogP contribution in [0.3, 0.4) is 0 Å². The SMILES string of the molecule is C=CCOc1ccc(CCC=O)cc1. The number of aldehydes is 1. The van der Waals surface area contributed by atoms with Gasteiger partial charge in [0.25, 0.3) is 0 Å². The van der Waals surface area contributed by atoms with Crippen molar-refractivity contribution in [3.63, 3.8) is 0 Å². The van der Waals surface area contributed by atoms with Crippen LogP contribution in [0.15, 0.2) is 36.9 Å². The lowest BCUT2D eigenvalue weighted by atomic mass is 10.1. The molecule has 0 spiro atoms. The van der Waals surface area contributed by atoms with Gasteiger partial charge in [0, 0.05) is 6.42 Å². The summed E-state index contributed by atoms with van der Waals surface area (Å²) >= 11 is 0. The van der Waals surface area contributed by atoms with Gasteiger partial charge in [0.15, 0.2) is 0 Å². The van der Waals surface area contributed by atoms with Gasteiger partial charge in [-0.2, -0.15) is 0 Å². The molecule has 0 aliphatic heterocycles. The number of aryl methyl sites for hydroxylation is 1. The third-order valence-corrected chi connectivity index (χ3v) is 1.84. The number of ether oxygens (including phenoxy) is 1. The lowest BCUT2D eigenvalue weighted by Crippen LogP contribution is -1.93. The van der Waals surface area contributed by atoms with Crippen LogP contribution in [0.5, 0.6) is 5.75 Å². The zero-order valence-corrected chi connectivity index (χ0v) is 8.11. The Morgan fingerprint density at radius 1 is 1.29 bits per heavy atom. The zero-order chi connectivity index (χ0) is 10.2. The van der Waals surface area contributed by atoms with Crippen LogP contribution in [-0.4, -0.2) is 12.9 Å². The molecule has 2 heteroatoms. The van der Waals surface area contributed by atoms with Gasteiger partial charge in [-0.15, -0.1) is 0 Å². The molecule has 0 saturated carbocycles. The average Bonchev–Trinajstić information content (AvgIpc) is 2.25. The molecule has 2 nitrogen and oxygen atoms in total. The molecular formula is C12H14O2. The molecule has 1 aromatic rings. The van der Waals surface area contributed by atoms with Gasteiger partial charge in [-0.25, -0.2) is 0 Å². The fraction of sp³-hybridized carbons (Fsp3) is 0.250. The highest BCUT2D eigenvalue weighted by atomic mass is 16.5. The Hall–Kier alpha value is -1.57. The first-order chi connectivity index (χ1) is 6.86. The van der Waals surface area contributed by atoms with Crippen LogP contribution in [0, 0.1) is 0 Å². The van der Waals surface area contributed by atoms with Crippen molar-refractivity contribution in [3.05, 3.63) is 42.5 Å². The molecular weight excluding hydrogens is 176 g/mol. The standard InChI is InChI=1S/C12H14O2/c1-2-10-14-12-7-5-11(6-8-12)4-3-9-13/h2,5-9H,1,3-4,10H2. The minimum absolute atomic E-state index is 0.522. The fourth-order valence-electron chi connectivity index (χ4n) is 1.13. The Kier molecular flexibility index (Phi) is 4.48. The van der Waals surface area contributed by atoms with E-state index in [9.17, 15) is 4.79 Å². The second-order valence-electron chi connectivity index (χ2n) is 2.95. The number of hydrogen-bond acceptors (Lipinski definition) is 2. The molecule has 0 atom stereocenters. The molecule has 0 amide bonds. The first kappa shape index (κ1) is 10.5. The van der Waals surface area contributed by atoms with Crippen molar-refractivity contribution >= 4 is 6.29 Å². The minimum atomic E-state index is 0.522. The van der Waals surface area contributed by atoms with Crippen LogP contribution in [-0.2, 0) is 11.2 Å². The molecule has 0 bridgehead atoms. The smallest absolute Gasteiger partial charge is 0.120 e. The highest BCUT2D eigenvalue weighted by Gasteiger charge is 1.94. The minimum Gasteiger partial charge on any atom is -0.490 e. The van der Waals surface area contributed by atoms with Crippen molar-refractivity contribution < 1.29 is 9.53 Å². The van der Waals surface area contributed by atoms with Crippen LogP contribution in [0.25, 0.3) is 0 Å². The number of hydrogen-bond donors (Lipinski definition) is 0. The number of carbonyl (C=O) groups excluding carboxylic acids is 1. The molecule has 14 heavy (non-hydrogen) atoms. The number of benzene rings is 1. The number of carbonyl (C=O) groups is 1. The molecule has 0 N–H and O–H groups in total. The van der Waals surface area contributed by atoms with Crippen molar-refractivity contribution in [1.29, 1.82) is 0 Å². The van der Waals surface area contributed by atoms with Crippen LogP contribution < -0.4 is 4.74 Å². The quantitative estimate of drug-likeness (QED) is 0.508. The van der Waals surface area contributed by atoms with Gasteiger partial charge in [-0.1, -0.05) is 24.8 Å². The van der Waals surface area contributed by atoms with Crippen molar-refractivity contribution in [2.75, 3.05) is 6.61 Å². The van der Waals surface area contributed by atoms with Crippen LogP contribution in [0.4, 0.5) is 0 Å². The molecule has 0 saturated heterocycles. The van der Waals surface area contributed by atoms with Crippen molar-refractivity contribution in [2.45, 2.75) is 12.8 Å². The van der Waals surface area contributed by atoms with Gasteiger partial charge in [0.05, 0.1) is 0 Å². The molecule has 74 valence electrons. The zero-order valence-electron chi connectivity index (χ0n) is 8.11. The van der Waals surface area contributed by atoms with E-state index < -0.39 is 0 Å². The van der Waals surface area contributed by atoms with E-state index in [0.29, 0.717) is 13.0 Å². The van der Waals surface area contributed by atoms with Crippen LogP contribution in [0.2, 0.25) is 0 Å². The summed E-state index contributed by atoms with van der Waals surface area (Å²) in [5, 5.41) is 0. The Morgan fingerprint density at radius 3 is 2.57 bits per heavy atom. The summed E-state index contributed by atoms with van der Waals surface area (Å²) in [6.07, 6.45) is 4.01.